The first kappa shape index (κ1) is 15.6. The Labute approximate surface area is 94.2 Å². The molecule has 0 aliphatic carbocycles. The van der Waals surface area contributed by atoms with Crippen molar-refractivity contribution in [2.75, 3.05) is 19.6 Å². The second-order valence-corrected chi connectivity index (χ2v) is 2.26. The Bertz CT molecular complexity index is 192. The van der Waals surface area contributed by atoms with Gasteiger partial charge in [0.25, 0.3) is 0 Å². The molecule has 0 aromatic carbocycles. The monoisotopic (exact) mass is 236 g/mol. The van der Waals surface area contributed by atoms with Gasteiger partial charge in [-0.25, -0.2) is 0 Å². The molecule has 0 bridgehead atoms. The summed E-state index contributed by atoms with van der Waals surface area (Å²) in [5.74, 6) is -4.70. The molecule has 0 saturated heterocycles. The summed E-state index contributed by atoms with van der Waals surface area (Å²) >= 11 is 0. The number of carbonyl (C=O) groups is 3. The van der Waals surface area contributed by atoms with Crippen LogP contribution in [-0.2, 0) is 36.1 Å². The van der Waals surface area contributed by atoms with Gasteiger partial charge in [0.1, 0.15) is 0 Å². The first-order valence-electron chi connectivity index (χ1n) is 3.23. The van der Waals surface area contributed by atoms with Crippen LogP contribution in [-0.4, -0.2) is 42.4 Å². The van der Waals surface area contributed by atoms with Crippen LogP contribution in [0, 0.1) is 0 Å². The van der Waals surface area contributed by atoms with Crippen molar-refractivity contribution in [2.24, 2.45) is 0 Å². The normalized spacial score (nSPS) is 9.21. The van der Waals surface area contributed by atoms with E-state index >= 15 is 0 Å². The van der Waals surface area contributed by atoms with Crippen LogP contribution in [0.4, 0.5) is 0 Å². The van der Waals surface area contributed by atoms with Crippen LogP contribution in [0.25, 0.3) is 0 Å². The smallest absolute Gasteiger partial charge is 0.549 e. The summed E-state index contributed by atoms with van der Waals surface area (Å²) in [6.07, 6.45) is 0. The second kappa shape index (κ2) is 7.48. The number of hydrogen-bond acceptors (Lipinski definition) is 7. The standard InChI is InChI=1S/C6H9NO6.Ti/c8-4(9)1-7(2-5(10)11)3-6(12)13;/h1-3H2,(H,8,9)(H,10,11)(H,12,13);/q;+3/p-3. The van der Waals surface area contributed by atoms with E-state index < -0.39 is 37.5 Å². The van der Waals surface area contributed by atoms with Crippen LogP contribution < -0.4 is 15.3 Å². The summed E-state index contributed by atoms with van der Waals surface area (Å²) in [5, 5.41) is 30.0. The summed E-state index contributed by atoms with van der Waals surface area (Å²) in [5.41, 5.74) is 0. The van der Waals surface area contributed by atoms with Crippen molar-refractivity contribution in [1.82, 2.24) is 4.90 Å². The van der Waals surface area contributed by atoms with Crippen LogP contribution in [0.1, 0.15) is 0 Å². The van der Waals surface area contributed by atoms with Crippen LogP contribution in [0.15, 0.2) is 0 Å². The molecule has 1 radical (unpaired) electrons. The third-order valence-corrected chi connectivity index (χ3v) is 1.06. The Morgan fingerprint density at radius 3 is 1.14 bits per heavy atom. The van der Waals surface area contributed by atoms with Gasteiger partial charge >= 0.3 is 21.7 Å². The first-order chi connectivity index (χ1) is 5.91. The molecule has 14 heavy (non-hydrogen) atoms. The zero-order valence-electron chi connectivity index (χ0n) is 7.02. The van der Waals surface area contributed by atoms with Crippen LogP contribution in [0.2, 0.25) is 0 Å². The first-order valence-corrected chi connectivity index (χ1v) is 3.23. The zero-order valence-corrected chi connectivity index (χ0v) is 8.58. The van der Waals surface area contributed by atoms with Gasteiger partial charge in [-0.2, -0.15) is 0 Å². The number of aliphatic carboxylic acids is 3. The van der Waals surface area contributed by atoms with Gasteiger partial charge in [-0.15, -0.1) is 0 Å². The number of carboxylic acid groups (broad SMARTS) is 3. The molecule has 0 aromatic heterocycles. The molecule has 0 unspecified atom stereocenters. The minimum absolute atomic E-state index is 0. The topological polar surface area (TPSA) is 124 Å². The minimum Gasteiger partial charge on any atom is -0.549 e. The van der Waals surface area contributed by atoms with E-state index in [0.717, 1.165) is 0 Å². The fraction of sp³-hybridized carbons (Fsp3) is 0.500. The van der Waals surface area contributed by atoms with Crippen LogP contribution >= 0.6 is 0 Å². The van der Waals surface area contributed by atoms with Crippen molar-refractivity contribution >= 4 is 17.9 Å². The third kappa shape index (κ3) is 9.17. The number of rotatable bonds is 6. The van der Waals surface area contributed by atoms with E-state index in [4.69, 9.17) is 0 Å². The molecule has 0 atom stereocenters. The van der Waals surface area contributed by atoms with Gasteiger partial charge < -0.3 is 29.7 Å². The molecule has 0 aliphatic rings. The summed E-state index contributed by atoms with van der Waals surface area (Å²) in [4.78, 5) is 30.6. The van der Waals surface area contributed by atoms with Crippen molar-refractivity contribution in [1.29, 1.82) is 0 Å². The number of nitrogens with zero attached hydrogens (tertiary/aromatic N) is 1. The summed E-state index contributed by atoms with van der Waals surface area (Å²) in [6.45, 7) is -2.37. The average Bonchev–Trinajstić information content (AvgIpc) is 1.80. The number of carboxylic acids is 3. The average molecular weight is 236 g/mol. The van der Waals surface area contributed by atoms with E-state index in [1.807, 2.05) is 0 Å². The van der Waals surface area contributed by atoms with E-state index in [1.54, 1.807) is 0 Å². The molecule has 0 aliphatic heterocycles. The van der Waals surface area contributed by atoms with Crippen molar-refractivity contribution < 1.29 is 51.4 Å². The van der Waals surface area contributed by atoms with Crippen LogP contribution in [0.3, 0.4) is 0 Å². The molecule has 0 rings (SSSR count). The summed E-state index contributed by atoms with van der Waals surface area (Å²) in [6, 6.07) is 0. The molecule has 7 nitrogen and oxygen atoms in total. The van der Waals surface area contributed by atoms with Gasteiger partial charge in [-0.1, -0.05) is 0 Å². The quantitative estimate of drug-likeness (QED) is 0.421. The Hall–Kier alpha value is -0.916. The molecular formula is C6H6NO6Ti. The van der Waals surface area contributed by atoms with Crippen LogP contribution in [0.5, 0.6) is 0 Å². The molecule has 75 valence electrons. The Kier molecular flexibility index (Phi) is 8.31. The van der Waals surface area contributed by atoms with Gasteiger partial charge in [0.15, 0.2) is 0 Å². The molecule has 0 saturated carbocycles. The van der Waals surface area contributed by atoms with Gasteiger partial charge in [0.2, 0.25) is 0 Å². The van der Waals surface area contributed by atoms with Gasteiger partial charge in [-0.3, -0.25) is 4.90 Å². The number of carbonyl (C=O) groups excluding carboxylic acids is 3. The van der Waals surface area contributed by atoms with E-state index in [1.165, 1.54) is 0 Å². The maximum absolute atomic E-state index is 9.99. The number of hydrogen-bond donors (Lipinski definition) is 0. The van der Waals surface area contributed by atoms with E-state index in [2.05, 4.69) is 0 Å². The van der Waals surface area contributed by atoms with E-state index in [-0.39, 0.29) is 21.7 Å². The van der Waals surface area contributed by atoms with E-state index in [0.29, 0.717) is 4.90 Å². The maximum atomic E-state index is 9.99. The van der Waals surface area contributed by atoms with Crippen molar-refractivity contribution in [2.45, 2.75) is 0 Å². The molecular weight excluding hydrogens is 230 g/mol. The van der Waals surface area contributed by atoms with Gasteiger partial charge in [0, 0.05) is 19.6 Å². The third-order valence-electron chi connectivity index (χ3n) is 1.06. The van der Waals surface area contributed by atoms with E-state index in [9.17, 15) is 29.7 Å². The van der Waals surface area contributed by atoms with Crippen molar-refractivity contribution in [3.05, 3.63) is 0 Å². The van der Waals surface area contributed by atoms with Crippen molar-refractivity contribution in [3.63, 3.8) is 0 Å². The minimum atomic E-state index is -1.57. The predicted molar refractivity (Wildman–Crippen MR) is 31.5 cm³/mol. The Morgan fingerprint density at radius 1 is 0.786 bits per heavy atom. The SMILES string of the molecule is O=C([O-])CN(CC(=O)[O-])CC(=O)[O-].[Ti+3]. The van der Waals surface area contributed by atoms with Gasteiger partial charge in [0.05, 0.1) is 17.9 Å². The Balaban J connectivity index is 0. The summed E-state index contributed by atoms with van der Waals surface area (Å²) < 4.78 is 0. The fourth-order valence-corrected chi connectivity index (χ4v) is 0.715. The molecule has 0 N–H and O–H groups in total. The molecule has 0 aromatic rings. The maximum Gasteiger partial charge on any atom is 3.00 e. The Morgan fingerprint density at radius 2 is 1.00 bits per heavy atom. The molecule has 0 amide bonds. The summed E-state index contributed by atoms with van der Waals surface area (Å²) in [7, 11) is 0. The molecule has 0 spiro atoms. The molecule has 8 heteroatoms. The van der Waals surface area contributed by atoms with Crippen molar-refractivity contribution in [3.8, 4) is 0 Å². The fourth-order valence-electron chi connectivity index (χ4n) is 0.715. The largest absolute Gasteiger partial charge is 3.00 e. The second-order valence-electron chi connectivity index (χ2n) is 2.26. The van der Waals surface area contributed by atoms with Gasteiger partial charge in [-0.05, 0) is 0 Å². The molecule has 0 fully saturated rings. The molecule has 0 heterocycles. The predicted octanol–water partition coefficient (Wildman–Crippen LogP) is -5.46. The zero-order chi connectivity index (χ0) is 10.4.